The number of hydrogen-bond donors (Lipinski definition) is 1. The van der Waals surface area contributed by atoms with Crippen LogP contribution >= 0.6 is 7.82 Å². The van der Waals surface area contributed by atoms with Crippen molar-refractivity contribution >= 4 is 24.3 Å². The zero-order chi connectivity index (χ0) is 20.8. The Labute approximate surface area is 175 Å². The van der Waals surface area contributed by atoms with Gasteiger partial charge >= 0.3 is 7.82 Å². The van der Waals surface area contributed by atoms with E-state index in [1.54, 1.807) is 12.1 Å². The largest absolute Gasteiger partial charge is 0.530 e. The quantitative estimate of drug-likeness (QED) is 0.266. The maximum absolute atomic E-state index is 13.5. The highest BCUT2D eigenvalue weighted by molar-refractivity contribution is 7.48. The summed E-state index contributed by atoms with van der Waals surface area (Å²) in [5, 5.41) is 1.78. The summed E-state index contributed by atoms with van der Waals surface area (Å²) in [7, 11) is -3.91. The normalized spacial score (nSPS) is 11.5. The summed E-state index contributed by atoms with van der Waals surface area (Å²) in [5.41, 5.74) is 8.42. The van der Waals surface area contributed by atoms with E-state index in [0.717, 1.165) is 21.9 Å². The molecule has 5 nitrogen and oxygen atoms in total. The summed E-state index contributed by atoms with van der Waals surface area (Å²) in [6.07, 6.45) is 0. The molecule has 4 aromatic carbocycles. The highest BCUT2D eigenvalue weighted by Gasteiger charge is 2.29. The fraction of sp³-hybridized carbons (Fsp3) is 0.0833. The second kappa shape index (κ2) is 9.14. The first-order valence-electron chi connectivity index (χ1n) is 9.56. The van der Waals surface area contributed by atoms with E-state index in [4.69, 9.17) is 19.3 Å². The van der Waals surface area contributed by atoms with Crippen molar-refractivity contribution in [1.29, 1.82) is 0 Å². The average Bonchev–Trinajstić information content (AvgIpc) is 2.79. The van der Waals surface area contributed by atoms with Gasteiger partial charge in [-0.15, -0.1) is 0 Å². The van der Waals surface area contributed by atoms with Crippen LogP contribution in [-0.2, 0) is 26.8 Å². The van der Waals surface area contributed by atoms with Gasteiger partial charge in [0.1, 0.15) is 5.75 Å². The molecule has 0 aliphatic rings. The Bertz CT molecular complexity index is 1120. The van der Waals surface area contributed by atoms with E-state index in [-0.39, 0.29) is 13.2 Å². The predicted octanol–water partition coefficient (Wildman–Crippen LogP) is 6.34. The van der Waals surface area contributed by atoms with Gasteiger partial charge in [-0.05, 0) is 34.7 Å². The summed E-state index contributed by atoms with van der Waals surface area (Å²) in [6, 6.07) is 29.9. The van der Waals surface area contributed by atoms with Crippen LogP contribution in [0.4, 0.5) is 5.69 Å². The Morgan fingerprint density at radius 3 is 1.90 bits per heavy atom. The fourth-order valence-electron chi connectivity index (χ4n) is 3.01. The lowest BCUT2D eigenvalue weighted by molar-refractivity contribution is 0.143. The zero-order valence-electron chi connectivity index (χ0n) is 16.3. The molecule has 2 N–H and O–H groups in total. The minimum atomic E-state index is -3.91. The van der Waals surface area contributed by atoms with Crippen molar-refractivity contribution in [2.75, 3.05) is 5.73 Å². The molecular weight excluding hydrogens is 397 g/mol. The minimum absolute atomic E-state index is 0.0998. The molecule has 0 aliphatic heterocycles. The second-order valence-corrected chi connectivity index (χ2v) is 8.38. The Kier molecular flexibility index (Phi) is 6.15. The van der Waals surface area contributed by atoms with Crippen molar-refractivity contribution in [3.63, 3.8) is 0 Å². The molecule has 0 fully saturated rings. The molecule has 0 aliphatic carbocycles. The lowest BCUT2D eigenvalue weighted by Crippen LogP contribution is -2.03. The van der Waals surface area contributed by atoms with Gasteiger partial charge in [-0.2, -0.15) is 0 Å². The first kappa shape index (κ1) is 20.2. The molecule has 0 radical (unpaired) electrons. The summed E-state index contributed by atoms with van der Waals surface area (Å²) < 4.78 is 30.5. The smallest absolute Gasteiger partial charge is 0.404 e. The van der Waals surface area contributed by atoms with Gasteiger partial charge in [0.25, 0.3) is 0 Å². The van der Waals surface area contributed by atoms with E-state index in [9.17, 15) is 4.57 Å². The molecule has 6 heteroatoms. The third-order valence-corrected chi connectivity index (χ3v) is 5.89. The van der Waals surface area contributed by atoms with Gasteiger partial charge < -0.3 is 10.3 Å². The van der Waals surface area contributed by atoms with Crippen LogP contribution in [0.15, 0.2) is 97.1 Å². The van der Waals surface area contributed by atoms with Crippen molar-refractivity contribution in [2.45, 2.75) is 13.2 Å². The van der Waals surface area contributed by atoms with E-state index in [1.807, 2.05) is 84.9 Å². The van der Waals surface area contributed by atoms with Gasteiger partial charge in [0.05, 0.1) is 13.2 Å². The van der Waals surface area contributed by atoms with Crippen LogP contribution in [-0.4, -0.2) is 0 Å². The Morgan fingerprint density at radius 2 is 1.30 bits per heavy atom. The monoisotopic (exact) mass is 419 g/mol. The van der Waals surface area contributed by atoms with Crippen LogP contribution in [0.5, 0.6) is 5.75 Å². The summed E-state index contributed by atoms with van der Waals surface area (Å²) >= 11 is 0. The standard InChI is InChI=1S/C24H22NO4P/c25-24-13-7-12-21-14-15-22(16-23(21)24)29-30(26,27-17-19-8-3-1-4-9-19)28-18-20-10-5-2-6-11-20/h1-16H,17-18,25H2. The Balaban J connectivity index is 1.57. The number of hydrogen-bond acceptors (Lipinski definition) is 5. The first-order chi connectivity index (χ1) is 14.6. The topological polar surface area (TPSA) is 70.8 Å². The van der Waals surface area contributed by atoms with Crippen molar-refractivity contribution in [3.05, 3.63) is 108 Å². The molecular formula is C24H22NO4P. The minimum Gasteiger partial charge on any atom is -0.404 e. The first-order valence-corrected chi connectivity index (χ1v) is 11.0. The molecule has 152 valence electrons. The van der Waals surface area contributed by atoms with Crippen LogP contribution in [0.2, 0.25) is 0 Å². The summed E-state index contributed by atoms with van der Waals surface area (Å²) in [5.74, 6) is 0.366. The Hall–Kier alpha value is -3.11. The molecule has 0 saturated carbocycles. The molecule has 0 atom stereocenters. The van der Waals surface area contributed by atoms with Crippen molar-refractivity contribution in [2.24, 2.45) is 0 Å². The van der Waals surface area contributed by atoms with Gasteiger partial charge in [0.15, 0.2) is 0 Å². The van der Waals surface area contributed by atoms with Gasteiger partial charge in [-0.1, -0.05) is 78.9 Å². The number of nitrogens with two attached hydrogens (primary N) is 1. The van der Waals surface area contributed by atoms with E-state index < -0.39 is 7.82 Å². The Morgan fingerprint density at radius 1 is 0.700 bits per heavy atom. The van der Waals surface area contributed by atoms with Crippen molar-refractivity contribution < 1.29 is 18.1 Å². The maximum Gasteiger partial charge on any atom is 0.530 e. The second-order valence-electron chi connectivity index (χ2n) is 6.79. The van der Waals surface area contributed by atoms with Crippen molar-refractivity contribution in [3.8, 4) is 5.75 Å². The van der Waals surface area contributed by atoms with Crippen LogP contribution in [0.25, 0.3) is 10.8 Å². The van der Waals surface area contributed by atoms with Crippen LogP contribution < -0.4 is 10.3 Å². The molecule has 0 amide bonds. The predicted molar refractivity (Wildman–Crippen MR) is 119 cm³/mol. The third kappa shape index (κ3) is 5.08. The SMILES string of the molecule is Nc1cccc2ccc(OP(=O)(OCc3ccccc3)OCc3ccccc3)cc12. The molecule has 0 heterocycles. The van der Waals surface area contributed by atoms with Gasteiger partial charge in [0.2, 0.25) is 0 Å². The number of rotatable bonds is 8. The molecule has 0 spiro atoms. The molecule has 0 unspecified atom stereocenters. The zero-order valence-corrected chi connectivity index (χ0v) is 17.2. The molecule has 0 bridgehead atoms. The number of phosphoric ester groups is 1. The number of fused-ring (bicyclic) bond motifs is 1. The van der Waals surface area contributed by atoms with E-state index in [0.29, 0.717) is 11.4 Å². The average molecular weight is 419 g/mol. The maximum atomic E-state index is 13.5. The lowest BCUT2D eigenvalue weighted by atomic mass is 10.1. The van der Waals surface area contributed by atoms with Gasteiger partial charge in [0, 0.05) is 11.1 Å². The number of anilines is 1. The molecule has 4 rings (SSSR count). The van der Waals surface area contributed by atoms with E-state index >= 15 is 0 Å². The van der Waals surface area contributed by atoms with Gasteiger partial charge in [-0.25, -0.2) is 4.57 Å². The van der Waals surface area contributed by atoms with Crippen LogP contribution in [0, 0.1) is 0 Å². The molecule has 4 aromatic rings. The molecule has 0 saturated heterocycles. The summed E-state index contributed by atoms with van der Waals surface area (Å²) in [6.45, 7) is 0.200. The van der Waals surface area contributed by atoms with E-state index in [2.05, 4.69) is 0 Å². The van der Waals surface area contributed by atoms with Crippen LogP contribution in [0.3, 0.4) is 0 Å². The number of nitrogen functional groups attached to an aromatic ring is 1. The third-order valence-electron chi connectivity index (χ3n) is 4.57. The molecule has 30 heavy (non-hydrogen) atoms. The number of benzene rings is 4. The fourth-order valence-corrected chi connectivity index (χ4v) is 4.17. The summed E-state index contributed by atoms with van der Waals surface area (Å²) in [4.78, 5) is 0. The highest BCUT2D eigenvalue weighted by atomic mass is 31.2. The van der Waals surface area contributed by atoms with Gasteiger partial charge in [-0.3, -0.25) is 9.05 Å². The molecule has 0 aromatic heterocycles. The van der Waals surface area contributed by atoms with E-state index in [1.165, 1.54) is 0 Å². The van der Waals surface area contributed by atoms with Crippen LogP contribution in [0.1, 0.15) is 11.1 Å². The highest BCUT2D eigenvalue weighted by Crippen LogP contribution is 2.51. The lowest BCUT2D eigenvalue weighted by Gasteiger charge is -2.19. The van der Waals surface area contributed by atoms with Crippen molar-refractivity contribution in [1.82, 2.24) is 0 Å². The number of phosphoric acid groups is 1.